The van der Waals surface area contributed by atoms with Crippen LogP contribution in [0.1, 0.15) is 19.8 Å². The minimum Gasteiger partial charge on any atom is -0.373 e. The lowest BCUT2D eigenvalue weighted by Crippen LogP contribution is -2.40. The number of rotatable bonds is 2. The Kier molecular flexibility index (Phi) is 3.31. The smallest absolute Gasteiger partial charge is 0.237 e. The van der Waals surface area contributed by atoms with Gasteiger partial charge in [0.05, 0.1) is 11.4 Å². The minimum absolute atomic E-state index is 0.0524. The van der Waals surface area contributed by atoms with Gasteiger partial charge in [0.25, 0.3) is 0 Å². The van der Waals surface area contributed by atoms with E-state index in [9.17, 15) is 14.9 Å². The van der Waals surface area contributed by atoms with E-state index in [4.69, 9.17) is 0 Å². The van der Waals surface area contributed by atoms with Crippen LogP contribution in [0.25, 0.3) is 0 Å². The molecule has 3 atom stereocenters. The van der Waals surface area contributed by atoms with E-state index in [1.165, 1.54) is 0 Å². The van der Waals surface area contributed by atoms with Crippen LogP contribution in [-0.4, -0.2) is 36.5 Å². The van der Waals surface area contributed by atoms with Crippen LogP contribution in [0.15, 0.2) is 24.3 Å². The fourth-order valence-corrected chi connectivity index (χ4v) is 3.05. The van der Waals surface area contributed by atoms with Crippen LogP contribution in [0.3, 0.4) is 0 Å². The number of nitro groups is 1. The van der Waals surface area contributed by atoms with E-state index in [0.29, 0.717) is 6.42 Å². The largest absolute Gasteiger partial charge is 0.373 e. The third kappa shape index (κ3) is 2.34. The van der Waals surface area contributed by atoms with Crippen molar-refractivity contribution in [3.05, 3.63) is 34.4 Å². The number of anilines is 2. The van der Waals surface area contributed by atoms with Gasteiger partial charge in [-0.3, -0.25) is 14.9 Å². The summed E-state index contributed by atoms with van der Waals surface area (Å²) in [4.78, 5) is 27.1. The first kappa shape index (κ1) is 13.9. The van der Waals surface area contributed by atoms with Crippen LogP contribution < -0.4 is 9.80 Å². The van der Waals surface area contributed by atoms with E-state index in [0.717, 1.165) is 24.3 Å². The molecule has 21 heavy (non-hydrogen) atoms. The van der Waals surface area contributed by atoms with Crippen molar-refractivity contribution in [3.63, 3.8) is 0 Å². The monoisotopic (exact) mass is 289 g/mol. The summed E-state index contributed by atoms with van der Waals surface area (Å²) in [5.74, 6) is -0.564. The SMILES string of the molecule is C[C@@H]1CCN(C)c2ccccc2N1C(=O)[C@@H]1C[C@H]1[N+](=O)[O-]. The molecule has 1 aromatic rings. The minimum atomic E-state index is -0.696. The number of carbonyl (C=O) groups is 1. The number of fused-ring (bicyclic) bond motifs is 1. The van der Waals surface area contributed by atoms with Crippen molar-refractivity contribution in [1.82, 2.24) is 0 Å². The Morgan fingerprint density at radius 1 is 1.33 bits per heavy atom. The van der Waals surface area contributed by atoms with E-state index < -0.39 is 12.0 Å². The van der Waals surface area contributed by atoms with Gasteiger partial charge in [0.2, 0.25) is 11.9 Å². The molecule has 0 unspecified atom stereocenters. The van der Waals surface area contributed by atoms with Crippen molar-refractivity contribution in [3.8, 4) is 0 Å². The van der Waals surface area contributed by atoms with Crippen LogP contribution in [0.5, 0.6) is 0 Å². The normalized spacial score (nSPS) is 27.8. The highest BCUT2D eigenvalue weighted by Gasteiger charge is 2.55. The van der Waals surface area contributed by atoms with E-state index in [-0.39, 0.29) is 16.9 Å². The molecule has 2 aliphatic rings. The molecule has 1 aliphatic heterocycles. The van der Waals surface area contributed by atoms with Gasteiger partial charge in [0.15, 0.2) is 0 Å². The molecule has 0 aromatic heterocycles. The van der Waals surface area contributed by atoms with Gasteiger partial charge in [-0.15, -0.1) is 0 Å². The Hall–Kier alpha value is -2.11. The number of para-hydroxylation sites is 2. The fourth-order valence-electron chi connectivity index (χ4n) is 3.05. The van der Waals surface area contributed by atoms with E-state index in [1.54, 1.807) is 4.90 Å². The molecule has 1 aromatic carbocycles. The molecule has 0 spiro atoms. The molecule has 1 fully saturated rings. The van der Waals surface area contributed by atoms with E-state index in [2.05, 4.69) is 4.90 Å². The summed E-state index contributed by atoms with van der Waals surface area (Å²) < 4.78 is 0. The van der Waals surface area contributed by atoms with Gasteiger partial charge in [0.1, 0.15) is 5.92 Å². The van der Waals surface area contributed by atoms with Crippen LogP contribution in [0.2, 0.25) is 0 Å². The highest BCUT2D eigenvalue weighted by Crippen LogP contribution is 2.40. The topological polar surface area (TPSA) is 66.7 Å². The summed E-state index contributed by atoms with van der Waals surface area (Å²) in [7, 11) is 2.01. The number of hydrogen-bond acceptors (Lipinski definition) is 4. The molecule has 1 amide bonds. The average Bonchev–Trinajstić information content (AvgIpc) is 3.26. The molecule has 1 aliphatic carbocycles. The summed E-state index contributed by atoms with van der Waals surface area (Å²) in [6.07, 6.45) is 1.22. The van der Waals surface area contributed by atoms with Gasteiger partial charge < -0.3 is 9.80 Å². The molecule has 112 valence electrons. The number of nitrogens with zero attached hydrogens (tertiary/aromatic N) is 3. The van der Waals surface area contributed by atoms with Crippen molar-refractivity contribution in [2.24, 2.45) is 5.92 Å². The molecule has 1 saturated carbocycles. The molecule has 1 heterocycles. The first-order valence-electron chi connectivity index (χ1n) is 7.27. The summed E-state index contributed by atoms with van der Waals surface area (Å²) in [5.41, 5.74) is 1.87. The zero-order valence-electron chi connectivity index (χ0n) is 12.2. The fraction of sp³-hybridized carbons (Fsp3) is 0.533. The number of benzene rings is 1. The maximum Gasteiger partial charge on any atom is 0.237 e. The van der Waals surface area contributed by atoms with Crippen molar-refractivity contribution in [2.45, 2.75) is 31.8 Å². The van der Waals surface area contributed by atoms with E-state index in [1.807, 2.05) is 38.2 Å². The molecule has 0 saturated heterocycles. The molecule has 6 nitrogen and oxygen atoms in total. The molecule has 0 N–H and O–H groups in total. The molecule has 6 heteroatoms. The quantitative estimate of drug-likeness (QED) is 0.616. The van der Waals surface area contributed by atoms with Crippen LogP contribution in [-0.2, 0) is 4.79 Å². The summed E-state index contributed by atoms with van der Waals surface area (Å²) >= 11 is 0. The number of hydrogen-bond donors (Lipinski definition) is 0. The van der Waals surface area contributed by atoms with Crippen LogP contribution in [0.4, 0.5) is 11.4 Å². The van der Waals surface area contributed by atoms with Gasteiger partial charge in [-0.2, -0.15) is 0 Å². The lowest BCUT2D eigenvalue weighted by molar-refractivity contribution is -0.497. The third-order valence-electron chi connectivity index (χ3n) is 4.46. The summed E-state index contributed by atoms with van der Waals surface area (Å²) in [6, 6.07) is 7.13. The molecule has 0 radical (unpaired) electrons. The molecular formula is C15H19N3O3. The van der Waals surface area contributed by atoms with Gasteiger partial charge in [0, 0.05) is 31.0 Å². The van der Waals surface area contributed by atoms with Crippen molar-refractivity contribution < 1.29 is 9.72 Å². The second kappa shape index (κ2) is 5.02. The van der Waals surface area contributed by atoms with Crippen molar-refractivity contribution >= 4 is 17.3 Å². The lowest BCUT2D eigenvalue weighted by Gasteiger charge is -2.28. The predicted molar refractivity (Wildman–Crippen MR) is 80.2 cm³/mol. The maximum atomic E-state index is 12.7. The standard InChI is InChI=1S/C15H19N3O3/c1-10-7-8-16(2)12-5-3-4-6-13(12)17(10)15(19)11-9-14(11)18(20)21/h3-6,10-11,14H,7-9H2,1-2H3/t10-,11-,14-/m1/s1. The van der Waals surface area contributed by atoms with Gasteiger partial charge in [-0.05, 0) is 25.5 Å². The Balaban J connectivity index is 1.94. The van der Waals surface area contributed by atoms with Crippen molar-refractivity contribution in [1.29, 1.82) is 0 Å². The summed E-state index contributed by atoms with van der Waals surface area (Å²) in [5, 5.41) is 10.8. The van der Waals surface area contributed by atoms with E-state index >= 15 is 0 Å². The van der Waals surface area contributed by atoms with Crippen LogP contribution >= 0.6 is 0 Å². The molecular weight excluding hydrogens is 270 g/mol. The Morgan fingerprint density at radius 3 is 2.62 bits per heavy atom. The first-order chi connectivity index (χ1) is 10.0. The molecule has 0 bridgehead atoms. The Bertz CT molecular complexity index is 589. The Morgan fingerprint density at radius 2 is 2.00 bits per heavy atom. The highest BCUT2D eigenvalue weighted by atomic mass is 16.6. The summed E-state index contributed by atoms with van der Waals surface area (Å²) in [6.45, 7) is 2.88. The third-order valence-corrected chi connectivity index (χ3v) is 4.46. The number of carbonyl (C=O) groups excluding carboxylic acids is 1. The lowest BCUT2D eigenvalue weighted by atomic mass is 10.1. The maximum absolute atomic E-state index is 12.7. The zero-order valence-corrected chi connectivity index (χ0v) is 12.2. The average molecular weight is 289 g/mol. The Labute approximate surface area is 123 Å². The zero-order chi connectivity index (χ0) is 15.1. The second-order valence-electron chi connectivity index (χ2n) is 5.95. The molecule has 3 rings (SSSR count). The number of amides is 1. The van der Waals surface area contributed by atoms with Crippen molar-refractivity contribution in [2.75, 3.05) is 23.4 Å². The predicted octanol–water partition coefficient (Wildman–Crippen LogP) is 1.91. The van der Waals surface area contributed by atoms with Gasteiger partial charge in [-0.1, -0.05) is 12.1 Å². The highest BCUT2D eigenvalue weighted by molar-refractivity contribution is 6.00. The second-order valence-corrected chi connectivity index (χ2v) is 5.95. The van der Waals surface area contributed by atoms with Crippen LogP contribution in [0, 0.1) is 16.0 Å². The van der Waals surface area contributed by atoms with Gasteiger partial charge in [-0.25, -0.2) is 0 Å². The first-order valence-corrected chi connectivity index (χ1v) is 7.27. The van der Waals surface area contributed by atoms with Gasteiger partial charge >= 0.3 is 0 Å².